The number of H-pyrrole nitrogens is 1. The molecule has 0 radical (unpaired) electrons. The number of fused-ring (bicyclic) bond motifs is 1. The monoisotopic (exact) mass is 358 g/mol. The lowest BCUT2D eigenvalue weighted by molar-refractivity contribution is 0.625. The number of aromatic nitrogens is 3. The van der Waals surface area contributed by atoms with Crippen LogP contribution in [0.15, 0.2) is 48.5 Å². The zero-order valence-corrected chi connectivity index (χ0v) is 14.4. The van der Waals surface area contributed by atoms with Gasteiger partial charge in [-0.1, -0.05) is 18.2 Å². The van der Waals surface area contributed by atoms with Gasteiger partial charge in [-0.15, -0.1) is 0 Å². The predicted octanol–water partition coefficient (Wildman–Crippen LogP) is 4.27. The van der Waals surface area contributed by atoms with Crippen molar-refractivity contribution in [1.82, 2.24) is 15.0 Å². The van der Waals surface area contributed by atoms with E-state index in [0.29, 0.717) is 17.1 Å². The first-order valence-electron chi connectivity index (χ1n) is 8.24. The lowest BCUT2D eigenvalue weighted by Crippen LogP contribution is -2.06. The van der Waals surface area contributed by atoms with Crippen molar-refractivity contribution in [3.63, 3.8) is 0 Å². The Morgan fingerprint density at radius 3 is 2.59 bits per heavy atom. The molecular weight excluding hydrogens is 343 g/mol. The Kier molecular flexibility index (Phi) is 3.94. The quantitative estimate of drug-likeness (QED) is 0.507. The van der Waals surface area contributed by atoms with Gasteiger partial charge in [0.25, 0.3) is 0 Å². The van der Waals surface area contributed by atoms with E-state index in [1.54, 1.807) is 24.3 Å². The number of nitrogen functional groups attached to an aromatic ring is 1. The summed E-state index contributed by atoms with van der Waals surface area (Å²) in [5.41, 5.74) is 9.49. The maximum Gasteiger partial charge on any atom is 0.207 e. The molecule has 0 saturated heterocycles. The second-order valence-electron chi connectivity index (χ2n) is 6.08. The van der Waals surface area contributed by atoms with E-state index >= 15 is 0 Å². The fourth-order valence-electron chi connectivity index (χ4n) is 2.99. The number of para-hydroxylation sites is 1. The van der Waals surface area contributed by atoms with Crippen molar-refractivity contribution in [2.24, 2.45) is 0 Å². The molecule has 132 valence electrons. The molecule has 2 heterocycles. The van der Waals surface area contributed by atoms with Crippen LogP contribution in [0.3, 0.4) is 0 Å². The van der Waals surface area contributed by atoms with Crippen molar-refractivity contribution in [3.05, 3.63) is 65.6 Å². The third kappa shape index (κ3) is 2.93. The number of nitrogens with one attached hydrogen (secondary N) is 2. The van der Waals surface area contributed by atoms with Crippen molar-refractivity contribution in [3.8, 4) is 17.5 Å². The van der Waals surface area contributed by atoms with Gasteiger partial charge in [0.2, 0.25) is 5.82 Å². The van der Waals surface area contributed by atoms with E-state index in [2.05, 4.69) is 20.3 Å². The minimum atomic E-state index is -0.722. The van der Waals surface area contributed by atoms with Gasteiger partial charge in [0.15, 0.2) is 17.5 Å². The van der Waals surface area contributed by atoms with Crippen molar-refractivity contribution >= 4 is 28.2 Å². The molecule has 0 saturated carbocycles. The molecule has 2 aromatic carbocycles. The highest BCUT2D eigenvalue weighted by atomic mass is 19.1. The fourth-order valence-corrected chi connectivity index (χ4v) is 2.99. The summed E-state index contributed by atoms with van der Waals surface area (Å²) in [5, 5.41) is 12.7. The first-order valence-corrected chi connectivity index (χ1v) is 8.24. The largest absolute Gasteiger partial charge is 0.381 e. The second-order valence-corrected chi connectivity index (χ2v) is 6.08. The second kappa shape index (κ2) is 6.42. The third-order valence-corrected chi connectivity index (χ3v) is 4.27. The number of anilines is 3. The van der Waals surface area contributed by atoms with Crippen molar-refractivity contribution in [2.45, 2.75) is 6.92 Å². The van der Waals surface area contributed by atoms with E-state index in [0.717, 1.165) is 22.2 Å². The average molecular weight is 358 g/mol. The highest BCUT2D eigenvalue weighted by Gasteiger charge is 2.18. The number of hydrogen-bond donors (Lipinski definition) is 3. The summed E-state index contributed by atoms with van der Waals surface area (Å²) in [5.74, 6) is -0.645. The van der Waals surface area contributed by atoms with E-state index in [9.17, 15) is 4.39 Å². The van der Waals surface area contributed by atoms with Gasteiger partial charge >= 0.3 is 0 Å². The number of benzene rings is 2. The standard InChI is InChI=1S/C20H15FN6/c1-11-16(14-4-2-3-5-15(14)24-11)19-26-18(23)17(21)20(27-19)25-13-8-6-12(10-22)7-9-13/h2-9,24H,1H3,(H3,23,25,26,27). The van der Waals surface area contributed by atoms with Crippen LogP contribution in [0.25, 0.3) is 22.3 Å². The zero-order valence-electron chi connectivity index (χ0n) is 14.4. The van der Waals surface area contributed by atoms with Crippen LogP contribution >= 0.6 is 0 Å². The van der Waals surface area contributed by atoms with Gasteiger partial charge in [0.05, 0.1) is 11.6 Å². The van der Waals surface area contributed by atoms with Gasteiger partial charge in [-0.2, -0.15) is 9.65 Å². The van der Waals surface area contributed by atoms with Gasteiger partial charge in [-0.25, -0.2) is 9.97 Å². The fraction of sp³-hybridized carbons (Fsp3) is 0.0500. The van der Waals surface area contributed by atoms with Crippen LogP contribution in [-0.4, -0.2) is 15.0 Å². The first kappa shape index (κ1) is 16.5. The minimum absolute atomic E-state index is 0.0214. The summed E-state index contributed by atoms with van der Waals surface area (Å²) in [4.78, 5) is 11.8. The first-order chi connectivity index (χ1) is 13.1. The Hall–Kier alpha value is -3.92. The maximum absolute atomic E-state index is 14.5. The number of nitrogens with two attached hydrogens (primary N) is 1. The summed E-state index contributed by atoms with van der Waals surface area (Å²) in [6, 6.07) is 16.4. The molecule has 0 aliphatic heterocycles. The Bertz CT molecular complexity index is 1190. The van der Waals surface area contributed by atoms with E-state index in [1.165, 1.54) is 0 Å². The van der Waals surface area contributed by atoms with Crippen molar-refractivity contribution in [2.75, 3.05) is 11.1 Å². The normalized spacial score (nSPS) is 10.7. The number of aryl methyl sites for hydroxylation is 1. The van der Waals surface area contributed by atoms with Crippen LogP contribution < -0.4 is 11.1 Å². The Morgan fingerprint density at radius 1 is 1.11 bits per heavy atom. The van der Waals surface area contributed by atoms with E-state index < -0.39 is 5.82 Å². The van der Waals surface area contributed by atoms with E-state index in [-0.39, 0.29) is 11.6 Å². The highest BCUT2D eigenvalue weighted by molar-refractivity contribution is 5.96. The van der Waals surface area contributed by atoms with Crippen LogP contribution in [0.4, 0.5) is 21.7 Å². The number of hydrogen-bond acceptors (Lipinski definition) is 5. The topological polar surface area (TPSA) is 103 Å². The number of nitrogens with zero attached hydrogens (tertiary/aromatic N) is 3. The molecule has 0 amide bonds. The van der Waals surface area contributed by atoms with Crippen LogP contribution in [0.1, 0.15) is 11.3 Å². The lowest BCUT2D eigenvalue weighted by Gasteiger charge is -2.10. The summed E-state index contributed by atoms with van der Waals surface area (Å²) >= 11 is 0. The van der Waals surface area contributed by atoms with Crippen LogP contribution in [0.2, 0.25) is 0 Å². The Balaban J connectivity index is 1.81. The molecule has 0 spiro atoms. The molecule has 27 heavy (non-hydrogen) atoms. The summed E-state index contributed by atoms with van der Waals surface area (Å²) in [7, 11) is 0. The summed E-state index contributed by atoms with van der Waals surface area (Å²) < 4.78 is 14.5. The average Bonchev–Trinajstić information content (AvgIpc) is 3.01. The van der Waals surface area contributed by atoms with Crippen molar-refractivity contribution < 1.29 is 4.39 Å². The molecule has 0 aliphatic carbocycles. The molecule has 4 N–H and O–H groups in total. The molecule has 0 unspecified atom stereocenters. The Morgan fingerprint density at radius 2 is 1.85 bits per heavy atom. The molecule has 4 aromatic rings. The predicted molar refractivity (Wildman–Crippen MR) is 103 cm³/mol. The molecule has 0 bridgehead atoms. The molecule has 6 nitrogen and oxygen atoms in total. The number of nitriles is 1. The van der Waals surface area contributed by atoms with E-state index in [1.807, 2.05) is 37.3 Å². The van der Waals surface area contributed by atoms with Gasteiger partial charge in [-0.05, 0) is 37.3 Å². The molecular formula is C20H15FN6. The van der Waals surface area contributed by atoms with E-state index in [4.69, 9.17) is 11.0 Å². The minimum Gasteiger partial charge on any atom is -0.381 e. The number of aromatic amines is 1. The SMILES string of the molecule is Cc1[nH]c2ccccc2c1-c1nc(N)c(F)c(Nc2ccc(C#N)cc2)n1. The van der Waals surface area contributed by atoms with Gasteiger partial charge < -0.3 is 16.0 Å². The number of rotatable bonds is 3. The Labute approximate surface area is 154 Å². The third-order valence-electron chi connectivity index (χ3n) is 4.27. The molecule has 0 aliphatic rings. The number of halogens is 1. The zero-order chi connectivity index (χ0) is 19.0. The molecule has 4 rings (SSSR count). The van der Waals surface area contributed by atoms with Gasteiger partial charge in [0.1, 0.15) is 0 Å². The highest BCUT2D eigenvalue weighted by Crippen LogP contribution is 2.32. The van der Waals surface area contributed by atoms with Gasteiger partial charge in [-0.3, -0.25) is 0 Å². The maximum atomic E-state index is 14.5. The molecule has 0 atom stereocenters. The smallest absolute Gasteiger partial charge is 0.207 e. The summed E-state index contributed by atoms with van der Waals surface area (Å²) in [6.07, 6.45) is 0. The molecule has 0 fully saturated rings. The van der Waals surface area contributed by atoms with Crippen LogP contribution in [0, 0.1) is 24.1 Å². The summed E-state index contributed by atoms with van der Waals surface area (Å²) in [6.45, 7) is 1.91. The lowest BCUT2D eigenvalue weighted by atomic mass is 10.1. The molecule has 2 aromatic heterocycles. The van der Waals surface area contributed by atoms with Crippen LogP contribution in [0.5, 0.6) is 0 Å². The molecule has 7 heteroatoms. The van der Waals surface area contributed by atoms with Crippen molar-refractivity contribution in [1.29, 1.82) is 5.26 Å². The van der Waals surface area contributed by atoms with Gasteiger partial charge in [0, 0.05) is 27.8 Å². The van der Waals surface area contributed by atoms with Crippen LogP contribution in [-0.2, 0) is 0 Å².